The van der Waals surface area contributed by atoms with Crippen molar-refractivity contribution in [3.63, 3.8) is 0 Å². The predicted molar refractivity (Wildman–Crippen MR) is 53.6 cm³/mol. The summed E-state index contributed by atoms with van der Waals surface area (Å²) in [6, 6.07) is 1.62. The second-order valence-electron chi connectivity index (χ2n) is 3.90. The van der Waals surface area contributed by atoms with Crippen LogP contribution in [0.2, 0.25) is 0 Å². The van der Waals surface area contributed by atoms with Crippen LogP contribution >= 0.6 is 0 Å². The number of rotatable bonds is 3. The van der Waals surface area contributed by atoms with E-state index in [9.17, 15) is 13.6 Å². The van der Waals surface area contributed by atoms with E-state index in [0.29, 0.717) is 6.07 Å². The van der Waals surface area contributed by atoms with Gasteiger partial charge in [-0.1, -0.05) is 0 Å². The molecule has 0 saturated heterocycles. The Kier molecular flexibility index (Phi) is 3.16. The summed E-state index contributed by atoms with van der Waals surface area (Å²) in [7, 11) is 1.21. The highest BCUT2D eigenvalue weighted by molar-refractivity contribution is 5.81. The summed E-state index contributed by atoms with van der Waals surface area (Å²) in [6.07, 6.45) is 0. The van der Waals surface area contributed by atoms with Crippen molar-refractivity contribution >= 4 is 5.97 Å². The maximum Gasteiger partial charge on any atom is 0.313 e. The van der Waals surface area contributed by atoms with Crippen molar-refractivity contribution in [2.45, 2.75) is 19.3 Å². The molecule has 0 atom stereocenters. The van der Waals surface area contributed by atoms with E-state index in [1.807, 2.05) is 0 Å². The number of carbonyl (C=O) groups is 1. The van der Waals surface area contributed by atoms with Crippen molar-refractivity contribution < 1.29 is 23.4 Å². The van der Waals surface area contributed by atoms with Crippen LogP contribution in [0.3, 0.4) is 0 Å². The first-order valence-electron chi connectivity index (χ1n) is 4.57. The Morgan fingerprint density at radius 3 is 2.38 bits per heavy atom. The molecule has 3 nitrogen and oxygen atoms in total. The highest BCUT2D eigenvalue weighted by Gasteiger charge is 2.34. The predicted octanol–water partition coefficient (Wildman–Crippen LogP) is 2.34. The standard InChI is InChI=1S/C11H12F2O3/c1-11(2,10(14)15)7-4-6(12)5-8(13)9(7)16-3/h4-5H,1-3H3,(H,14,15). The molecule has 88 valence electrons. The fourth-order valence-corrected chi connectivity index (χ4v) is 1.35. The van der Waals surface area contributed by atoms with Gasteiger partial charge in [-0.05, 0) is 19.9 Å². The van der Waals surface area contributed by atoms with E-state index >= 15 is 0 Å². The number of halogens is 2. The Labute approximate surface area is 91.7 Å². The molecule has 0 radical (unpaired) electrons. The maximum absolute atomic E-state index is 13.3. The minimum atomic E-state index is -1.42. The Morgan fingerprint density at radius 2 is 1.94 bits per heavy atom. The molecule has 0 unspecified atom stereocenters. The number of aliphatic carboxylic acids is 1. The van der Waals surface area contributed by atoms with Crippen molar-refractivity contribution in [3.05, 3.63) is 29.3 Å². The lowest BCUT2D eigenvalue weighted by Crippen LogP contribution is -2.29. The van der Waals surface area contributed by atoms with Crippen LogP contribution in [0.5, 0.6) is 5.75 Å². The number of hydrogen-bond acceptors (Lipinski definition) is 2. The Morgan fingerprint density at radius 1 is 1.38 bits per heavy atom. The second kappa shape index (κ2) is 4.08. The fraction of sp³-hybridized carbons (Fsp3) is 0.364. The van der Waals surface area contributed by atoms with Crippen LogP contribution < -0.4 is 4.74 Å². The van der Waals surface area contributed by atoms with Crippen molar-refractivity contribution in [3.8, 4) is 5.75 Å². The van der Waals surface area contributed by atoms with E-state index < -0.39 is 23.0 Å². The zero-order chi connectivity index (χ0) is 12.5. The molecule has 0 bridgehead atoms. The average Bonchev–Trinajstić information content (AvgIpc) is 2.16. The Hall–Kier alpha value is -1.65. The van der Waals surface area contributed by atoms with Gasteiger partial charge in [0, 0.05) is 11.6 Å². The lowest BCUT2D eigenvalue weighted by molar-refractivity contribution is -0.142. The zero-order valence-electron chi connectivity index (χ0n) is 9.17. The summed E-state index contributed by atoms with van der Waals surface area (Å²) in [5.41, 5.74) is -1.45. The largest absolute Gasteiger partial charge is 0.493 e. The Balaban J connectivity index is 3.48. The molecule has 0 aromatic heterocycles. The molecule has 0 spiro atoms. The molecule has 1 N–H and O–H groups in total. The van der Waals surface area contributed by atoms with E-state index in [0.717, 1.165) is 6.07 Å². The molecule has 16 heavy (non-hydrogen) atoms. The van der Waals surface area contributed by atoms with Crippen LogP contribution in [-0.4, -0.2) is 18.2 Å². The molecule has 0 heterocycles. The van der Waals surface area contributed by atoms with Gasteiger partial charge in [-0.25, -0.2) is 8.78 Å². The first kappa shape index (κ1) is 12.4. The highest BCUT2D eigenvalue weighted by atomic mass is 19.1. The Bertz CT molecular complexity index is 427. The van der Waals surface area contributed by atoms with Crippen LogP contribution in [0, 0.1) is 11.6 Å². The molecular weight excluding hydrogens is 218 g/mol. The number of methoxy groups -OCH3 is 1. The van der Waals surface area contributed by atoms with Crippen molar-refractivity contribution in [1.82, 2.24) is 0 Å². The molecule has 0 aliphatic carbocycles. The lowest BCUT2D eigenvalue weighted by atomic mass is 9.84. The molecule has 0 amide bonds. The van der Waals surface area contributed by atoms with Gasteiger partial charge in [0.25, 0.3) is 0 Å². The quantitative estimate of drug-likeness (QED) is 0.866. The summed E-state index contributed by atoms with van der Waals surface area (Å²) >= 11 is 0. The molecular formula is C11H12F2O3. The smallest absolute Gasteiger partial charge is 0.313 e. The average molecular weight is 230 g/mol. The van der Waals surface area contributed by atoms with E-state index in [1.165, 1.54) is 21.0 Å². The first-order valence-corrected chi connectivity index (χ1v) is 4.57. The third kappa shape index (κ3) is 1.98. The van der Waals surface area contributed by atoms with Crippen molar-refractivity contribution in [2.75, 3.05) is 7.11 Å². The molecule has 0 saturated carbocycles. The van der Waals surface area contributed by atoms with Crippen molar-refractivity contribution in [2.24, 2.45) is 0 Å². The van der Waals surface area contributed by atoms with Crippen molar-refractivity contribution in [1.29, 1.82) is 0 Å². The van der Waals surface area contributed by atoms with Gasteiger partial charge >= 0.3 is 5.97 Å². The van der Waals surface area contributed by atoms with Gasteiger partial charge in [0.05, 0.1) is 12.5 Å². The molecule has 5 heteroatoms. The third-order valence-electron chi connectivity index (χ3n) is 2.42. The molecule has 0 aliphatic heterocycles. The van der Waals surface area contributed by atoms with Gasteiger partial charge in [-0.3, -0.25) is 4.79 Å². The topological polar surface area (TPSA) is 46.5 Å². The van der Waals surface area contributed by atoms with Gasteiger partial charge in [0.2, 0.25) is 0 Å². The number of carboxylic acid groups (broad SMARTS) is 1. The summed E-state index contributed by atoms with van der Waals surface area (Å²) < 4.78 is 31.2. The van der Waals surface area contributed by atoms with Gasteiger partial charge < -0.3 is 9.84 Å². The zero-order valence-corrected chi connectivity index (χ0v) is 9.17. The number of carboxylic acids is 1. The van der Waals surface area contributed by atoms with Gasteiger partial charge in [0.15, 0.2) is 11.6 Å². The van der Waals surface area contributed by atoms with E-state index in [2.05, 4.69) is 0 Å². The molecule has 1 aromatic rings. The minimum Gasteiger partial charge on any atom is -0.493 e. The van der Waals surface area contributed by atoms with Gasteiger partial charge in [0.1, 0.15) is 5.82 Å². The SMILES string of the molecule is COc1c(F)cc(F)cc1C(C)(C)C(=O)O. The van der Waals surface area contributed by atoms with Crippen LogP contribution in [0.25, 0.3) is 0 Å². The summed E-state index contributed by atoms with van der Waals surface area (Å²) in [6.45, 7) is 2.71. The molecule has 1 aromatic carbocycles. The number of hydrogen-bond donors (Lipinski definition) is 1. The van der Waals surface area contributed by atoms with Crippen LogP contribution in [0.1, 0.15) is 19.4 Å². The minimum absolute atomic E-state index is 0.0278. The fourth-order valence-electron chi connectivity index (χ4n) is 1.35. The van der Waals surface area contributed by atoms with E-state index in [-0.39, 0.29) is 11.3 Å². The van der Waals surface area contributed by atoms with E-state index in [4.69, 9.17) is 9.84 Å². The summed E-state index contributed by atoms with van der Waals surface area (Å²) in [5, 5.41) is 9.00. The molecule has 0 fully saturated rings. The molecule has 0 aliphatic rings. The monoisotopic (exact) mass is 230 g/mol. The highest BCUT2D eigenvalue weighted by Crippen LogP contribution is 2.34. The maximum atomic E-state index is 13.3. The van der Waals surface area contributed by atoms with Crippen LogP contribution in [-0.2, 0) is 10.2 Å². The van der Waals surface area contributed by atoms with Gasteiger partial charge in [-0.2, -0.15) is 0 Å². The second-order valence-corrected chi connectivity index (χ2v) is 3.90. The normalized spacial score (nSPS) is 11.3. The van der Waals surface area contributed by atoms with E-state index in [1.54, 1.807) is 0 Å². The number of ether oxygens (including phenoxy) is 1. The lowest BCUT2D eigenvalue weighted by Gasteiger charge is -2.22. The summed E-state index contributed by atoms with van der Waals surface area (Å²) in [4.78, 5) is 11.0. The third-order valence-corrected chi connectivity index (χ3v) is 2.42. The summed E-state index contributed by atoms with van der Waals surface area (Å²) in [5.74, 6) is -3.17. The first-order chi connectivity index (χ1) is 7.30. The van der Waals surface area contributed by atoms with Crippen LogP contribution in [0.15, 0.2) is 12.1 Å². The van der Waals surface area contributed by atoms with Crippen LogP contribution in [0.4, 0.5) is 8.78 Å². The van der Waals surface area contributed by atoms with Gasteiger partial charge in [-0.15, -0.1) is 0 Å². The number of benzene rings is 1. The molecule has 1 rings (SSSR count).